The number of benzene rings is 1. The topological polar surface area (TPSA) is 84.9 Å². The Labute approximate surface area is 135 Å². The molecule has 1 fully saturated rings. The van der Waals surface area contributed by atoms with Gasteiger partial charge in [0.25, 0.3) is 0 Å². The van der Waals surface area contributed by atoms with E-state index in [-0.39, 0.29) is 25.3 Å². The third kappa shape index (κ3) is 4.85. The Kier molecular flexibility index (Phi) is 5.66. The Balaban J connectivity index is 1.69. The minimum absolute atomic E-state index is 0.0617. The SMILES string of the molecule is O=C(NCCOc1ccc(C(F)(F)F)cc1)[C@@H]1CC[C@H](C(=O)O)O1. The van der Waals surface area contributed by atoms with Gasteiger partial charge in [-0.05, 0) is 37.1 Å². The first-order valence-electron chi connectivity index (χ1n) is 7.23. The highest BCUT2D eigenvalue weighted by atomic mass is 19.4. The molecule has 24 heavy (non-hydrogen) atoms. The van der Waals surface area contributed by atoms with Gasteiger partial charge in [-0.1, -0.05) is 0 Å². The number of nitrogens with one attached hydrogen (secondary N) is 1. The summed E-state index contributed by atoms with van der Waals surface area (Å²) in [5, 5.41) is 11.3. The lowest BCUT2D eigenvalue weighted by atomic mass is 10.2. The van der Waals surface area contributed by atoms with Crippen LogP contribution in [0.3, 0.4) is 0 Å². The van der Waals surface area contributed by atoms with Gasteiger partial charge < -0.3 is 19.9 Å². The van der Waals surface area contributed by atoms with E-state index in [9.17, 15) is 22.8 Å². The largest absolute Gasteiger partial charge is 0.492 e. The number of carbonyl (C=O) groups excluding carboxylic acids is 1. The summed E-state index contributed by atoms with van der Waals surface area (Å²) < 4.78 is 47.5. The van der Waals surface area contributed by atoms with Gasteiger partial charge in [-0.3, -0.25) is 4.79 Å². The van der Waals surface area contributed by atoms with Gasteiger partial charge in [-0.15, -0.1) is 0 Å². The monoisotopic (exact) mass is 347 g/mol. The lowest BCUT2D eigenvalue weighted by molar-refractivity contribution is -0.151. The molecular weight excluding hydrogens is 331 g/mol. The molecule has 2 atom stereocenters. The predicted octanol–water partition coefficient (Wildman–Crippen LogP) is 1.83. The van der Waals surface area contributed by atoms with Crippen LogP contribution < -0.4 is 10.1 Å². The zero-order valence-corrected chi connectivity index (χ0v) is 12.5. The van der Waals surface area contributed by atoms with Crippen molar-refractivity contribution in [3.8, 4) is 5.75 Å². The Bertz CT molecular complexity index is 588. The van der Waals surface area contributed by atoms with Gasteiger partial charge >= 0.3 is 12.1 Å². The molecule has 0 saturated carbocycles. The molecule has 0 spiro atoms. The summed E-state index contributed by atoms with van der Waals surface area (Å²) in [4.78, 5) is 22.5. The molecule has 6 nitrogen and oxygen atoms in total. The molecule has 0 unspecified atom stereocenters. The number of hydrogen-bond acceptors (Lipinski definition) is 4. The Morgan fingerprint density at radius 3 is 2.38 bits per heavy atom. The maximum Gasteiger partial charge on any atom is 0.416 e. The van der Waals surface area contributed by atoms with Gasteiger partial charge in [-0.25, -0.2) is 4.79 Å². The van der Waals surface area contributed by atoms with Gasteiger partial charge in [-0.2, -0.15) is 13.2 Å². The van der Waals surface area contributed by atoms with Gasteiger partial charge in [0.2, 0.25) is 5.91 Å². The number of carboxylic acid groups (broad SMARTS) is 1. The number of amides is 1. The molecule has 2 rings (SSSR count). The number of ether oxygens (including phenoxy) is 2. The quantitative estimate of drug-likeness (QED) is 0.767. The zero-order chi connectivity index (χ0) is 17.7. The number of carbonyl (C=O) groups is 2. The third-order valence-electron chi connectivity index (χ3n) is 3.44. The van der Waals surface area contributed by atoms with Crippen LogP contribution in [0.25, 0.3) is 0 Å². The molecule has 1 aliphatic rings. The van der Waals surface area contributed by atoms with Crippen molar-refractivity contribution >= 4 is 11.9 Å². The normalized spacial score (nSPS) is 20.6. The van der Waals surface area contributed by atoms with Crippen molar-refractivity contribution in [3.05, 3.63) is 29.8 Å². The molecule has 1 heterocycles. The number of rotatable bonds is 6. The molecule has 9 heteroatoms. The van der Waals surface area contributed by atoms with E-state index in [0.717, 1.165) is 12.1 Å². The summed E-state index contributed by atoms with van der Waals surface area (Å²) in [6.07, 6.45) is -5.58. The molecule has 0 radical (unpaired) electrons. The number of hydrogen-bond donors (Lipinski definition) is 2. The van der Waals surface area contributed by atoms with E-state index in [1.165, 1.54) is 12.1 Å². The Morgan fingerprint density at radius 2 is 1.83 bits per heavy atom. The minimum Gasteiger partial charge on any atom is -0.492 e. The summed E-state index contributed by atoms with van der Waals surface area (Å²) in [5.74, 6) is -1.29. The lowest BCUT2D eigenvalue weighted by Gasteiger charge is -2.12. The number of carboxylic acids is 1. The van der Waals surface area contributed by atoms with Crippen LogP contribution >= 0.6 is 0 Å². The van der Waals surface area contributed by atoms with Crippen molar-refractivity contribution in [2.45, 2.75) is 31.2 Å². The van der Waals surface area contributed by atoms with Crippen LogP contribution in [-0.2, 0) is 20.5 Å². The molecule has 0 aromatic heterocycles. The van der Waals surface area contributed by atoms with Crippen molar-refractivity contribution < 1.29 is 37.3 Å². The van der Waals surface area contributed by atoms with E-state index in [1.807, 2.05) is 0 Å². The second-order valence-corrected chi connectivity index (χ2v) is 5.19. The van der Waals surface area contributed by atoms with E-state index in [4.69, 9.17) is 14.6 Å². The maximum absolute atomic E-state index is 12.4. The molecule has 1 saturated heterocycles. The molecular formula is C15H16F3NO5. The minimum atomic E-state index is -4.40. The van der Waals surface area contributed by atoms with Gasteiger partial charge in [0, 0.05) is 0 Å². The second-order valence-electron chi connectivity index (χ2n) is 5.19. The number of halogens is 3. The highest BCUT2D eigenvalue weighted by molar-refractivity contribution is 5.82. The fourth-order valence-corrected chi connectivity index (χ4v) is 2.21. The molecule has 132 valence electrons. The lowest BCUT2D eigenvalue weighted by Crippen LogP contribution is -2.37. The van der Waals surface area contributed by atoms with Gasteiger partial charge in [0.15, 0.2) is 6.10 Å². The molecule has 2 N–H and O–H groups in total. The predicted molar refractivity (Wildman–Crippen MR) is 75.5 cm³/mol. The van der Waals surface area contributed by atoms with Crippen LogP contribution in [0.1, 0.15) is 18.4 Å². The average Bonchev–Trinajstić information content (AvgIpc) is 3.01. The molecule has 1 aromatic rings. The van der Waals surface area contributed by atoms with Crippen molar-refractivity contribution in [1.29, 1.82) is 0 Å². The third-order valence-corrected chi connectivity index (χ3v) is 3.44. The first kappa shape index (κ1) is 18.1. The summed E-state index contributed by atoms with van der Waals surface area (Å²) in [6, 6.07) is 4.21. The van der Waals surface area contributed by atoms with E-state index in [0.29, 0.717) is 6.42 Å². The van der Waals surface area contributed by atoms with E-state index in [1.54, 1.807) is 0 Å². The van der Waals surface area contributed by atoms with Crippen LogP contribution in [0.2, 0.25) is 0 Å². The average molecular weight is 347 g/mol. The highest BCUT2D eigenvalue weighted by Gasteiger charge is 2.34. The van der Waals surface area contributed by atoms with Crippen LogP contribution in [0.4, 0.5) is 13.2 Å². The van der Waals surface area contributed by atoms with Crippen molar-refractivity contribution in [3.63, 3.8) is 0 Å². The summed E-state index contributed by atoms with van der Waals surface area (Å²) in [7, 11) is 0. The summed E-state index contributed by atoms with van der Waals surface area (Å²) >= 11 is 0. The zero-order valence-electron chi connectivity index (χ0n) is 12.5. The molecule has 0 aliphatic carbocycles. The number of alkyl halides is 3. The Morgan fingerprint density at radius 1 is 1.21 bits per heavy atom. The standard InChI is InChI=1S/C15H16F3NO5/c16-15(17,18)9-1-3-10(4-2-9)23-8-7-19-13(20)11-5-6-12(24-11)14(21)22/h1-4,11-12H,5-8H2,(H,19,20)(H,21,22)/t11-,12+/m0/s1. The van der Waals surface area contributed by atoms with Crippen LogP contribution in [-0.4, -0.2) is 42.3 Å². The first-order valence-corrected chi connectivity index (χ1v) is 7.23. The second kappa shape index (κ2) is 7.52. The Hall–Kier alpha value is -2.29. The molecule has 0 bridgehead atoms. The van der Waals surface area contributed by atoms with E-state index < -0.39 is 35.8 Å². The van der Waals surface area contributed by atoms with Gasteiger partial charge in [0.1, 0.15) is 18.5 Å². The molecule has 1 aromatic carbocycles. The van der Waals surface area contributed by atoms with Crippen molar-refractivity contribution in [2.75, 3.05) is 13.2 Å². The molecule has 1 aliphatic heterocycles. The van der Waals surface area contributed by atoms with E-state index in [2.05, 4.69) is 5.32 Å². The summed E-state index contributed by atoms with van der Waals surface area (Å²) in [6.45, 7) is 0.184. The first-order chi connectivity index (χ1) is 11.3. The van der Waals surface area contributed by atoms with Gasteiger partial charge in [0.05, 0.1) is 12.1 Å². The highest BCUT2D eigenvalue weighted by Crippen LogP contribution is 2.30. The fraction of sp³-hybridized carbons (Fsp3) is 0.467. The molecule has 1 amide bonds. The van der Waals surface area contributed by atoms with Crippen LogP contribution in [0.5, 0.6) is 5.75 Å². The number of aliphatic carboxylic acids is 1. The van der Waals surface area contributed by atoms with Crippen molar-refractivity contribution in [1.82, 2.24) is 5.32 Å². The summed E-state index contributed by atoms with van der Waals surface area (Å²) in [5.41, 5.74) is -0.769. The fourth-order valence-electron chi connectivity index (χ4n) is 2.21. The maximum atomic E-state index is 12.4. The van der Waals surface area contributed by atoms with Crippen LogP contribution in [0, 0.1) is 0 Å². The smallest absolute Gasteiger partial charge is 0.416 e. The van der Waals surface area contributed by atoms with E-state index >= 15 is 0 Å². The van der Waals surface area contributed by atoms with Crippen molar-refractivity contribution in [2.24, 2.45) is 0 Å². The van der Waals surface area contributed by atoms with Crippen LogP contribution in [0.15, 0.2) is 24.3 Å².